The van der Waals surface area contributed by atoms with E-state index in [1.165, 1.54) is 0 Å². The van der Waals surface area contributed by atoms with E-state index >= 15 is 0 Å². The highest BCUT2D eigenvalue weighted by atomic mass is 16.6. The largest absolute Gasteiger partial charge is 0.444 e. The van der Waals surface area contributed by atoms with Gasteiger partial charge < -0.3 is 10.1 Å². The van der Waals surface area contributed by atoms with E-state index in [4.69, 9.17) is 4.74 Å². The molecule has 0 radical (unpaired) electrons. The first-order chi connectivity index (χ1) is 8.54. The third-order valence-corrected chi connectivity index (χ3v) is 2.63. The lowest BCUT2D eigenvalue weighted by Crippen LogP contribution is -2.33. The molecule has 0 aromatic heterocycles. The van der Waals surface area contributed by atoms with E-state index in [1.807, 2.05) is 20.8 Å². The molecule has 6 heteroatoms. The number of alkyl carbamates (subject to hydrolysis) is 1. The summed E-state index contributed by atoms with van der Waals surface area (Å²) >= 11 is 0. The Morgan fingerprint density at radius 3 is 2.21 bits per heavy atom. The van der Waals surface area contributed by atoms with Crippen LogP contribution >= 0.6 is 0 Å². The fourth-order valence-electron chi connectivity index (χ4n) is 1.46. The van der Waals surface area contributed by atoms with Crippen molar-refractivity contribution in [2.24, 2.45) is 0 Å². The fourth-order valence-corrected chi connectivity index (χ4v) is 1.46. The van der Waals surface area contributed by atoms with Crippen molar-refractivity contribution < 1.29 is 14.5 Å². The standard InChI is InChI=1S/C13H26N2O4/c1-12(2,3)19-11(16)14-10-8-6-7-9-13(4,5)15(17)18/h6-10H2,1-5H3,(H,14,16). The summed E-state index contributed by atoms with van der Waals surface area (Å²) in [6.45, 7) is 9.23. The Kier molecular flexibility index (Phi) is 6.79. The Morgan fingerprint density at radius 2 is 1.74 bits per heavy atom. The van der Waals surface area contributed by atoms with Crippen LogP contribution in [0.25, 0.3) is 0 Å². The molecule has 1 N–H and O–H groups in total. The molecule has 0 aromatic carbocycles. The molecule has 0 unspecified atom stereocenters. The molecule has 0 aliphatic heterocycles. The first-order valence-corrected chi connectivity index (χ1v) is 6.66. The molecule has 19 heavy (non-hydrogen) atoms. The Balaban J connectivity index is 3.62. The summed E-state index contributed by atoms with van der Waals surface area (Å²) in [6, 6.07) is 0. The molecule has 0 atom stereocenters. The second-order valence-electron chi connectivity index (χ2n) is 6.31. The van der Waals surface area contributed by atoms with E-state index in [0.29, 0.717) is 13.0 Å². The lowest BCUT2D eigenvalue weighted by atomic mass is 9.98. The molecular weight excluding hydrogens is 248 g/mol. The number of hydrogen-bond acceptors (Lipinski definition) is 4. The molecule has 0 fully saturated rings. The van der Waals surface area contributed by atoms with Crippen molar-refractivity contribution in [1.82, 2.24) is 5.32 Å². The van der Waals surface area contributed by atoms with E-state index < -0.39 is 17.2 Å². The quantitative estimate of drug-likeness (QED) is 0.439. The van der Waals surface area contributed by atoms with E-state index in [-0.39, 0.29) is 4.92 Å². The molecule has 0 heterocycles. The first kappa shape index (κ1) is 17.7. The van der Waals surface area contributed by atoms with Crippen LogP contribution < -0.4 is 5.32 Å². The van der Waals surface area contributed by atoms with Crippen LogP contribution in [-0.4, -0.2) is 28.7 Å². The van der Waals surface area contributed by atoms with Crippen LogP contribution in [0.5, 0.6) is 0 Å². The predicted octanol–water partition coefficient (Wildman–Crippen LogP) is 3.13. The van der Waals surface area contributed by atoms with Crippen LogP contribution in [0.15, 0.2) is 0 Å². The smallest absolute Gasteiger partial charge is 0.407 e. The normalized spacial score (nSPS) is 12.1. The maximum Gasteiger partial charge on any atom is 0.407 e. The maximum atomic E-state index is 11.3. The minimum atomic E-state index is -0.863. The third kappa shape index (κ3) is 9.27. The highest BCUT2D eigenvalue weighted by Crippen LogP contribution is 2.17. The van der Waals surface area contributed by atoms with Crippen molar-refractivity contribution in [2.75, 3.05) is 6.54 Å². The SMILES string of the molecule is CC(C)(C)OC(=O)NCCCCCC(C)(C)[N+](=O)[O-]. The first-order valence-electron chi connectivity index (χ1n) is 6.66. The summed E-state index contributed by atoms with van der Waals surface area (Å²) < 4.78 is 5.09. The Bertz CT molecular complexity index is 308. The number of nitrogens with zero attached hydrogens (tertiary/aromatic N) is 1. The van der Waals surface area contributed by atoms with Gasteiger partial charge in [-0.3, -0.25) is 10.1 Å². The second kappa shape index (κ2) is 7.31. The van der Waals surface area contributed by atoms with Gasteiger partial charge in [-0.2, -0.15) is 0 Å². The molecule has 0 saturated heterocycles. The summed E-state index contributed by atoms with van der Waals surface area (Å²) in [5.74, 6) is 0. The van der Waals surface area contributed by atoms with Crippen molar-refractivity contribution >= 4 is 6.09 Å². The molecule has 6 nitrogen and oxygen atoms in total. The van der Waals surface area contributed by atoms with Gasteiger partial charge in [-0.05, 0) is 33.6 Å². The average Bonchev–Trinajstić information content (AvgIpc) is 2.20. The lowest BCUT2D eigenvalue weighted by molar-refractivity contribution is -0.561. The lowest BCUT2D eigenvalue weighted by Gasteiger charge is -2.19. The molecule has 0 aliphatic rings. The fraction of sp³-hybridized carbons (Fsp3) is 0.923. The number of nitrogens with one attached hydrogen (secondary N) is 1. The summed E-state index contributed by atoms with van der Waals surface area (Å²) in [7, 11) is 0. The van der Waals surface area contributed by atoms with Crippen LogP contribution in [0, 0.1) is 10.1 Å². The van der Waals surface area contributed by atoms with Gasteiger partial charge in [0.15, 0.2) is 0 Å². The summed E-state index contributed by atoms with van der Waals surface area (Å²) in [5, 5.41) is 13.4. The topological polar surface area (TPSA) is 81.5 Å². The summed E-state index contributed by atoms with van der Waals surface area (Å²) in [4.78, 5) is 21.8. The monoisotopic (exact) mass is 274 g/mol. The number of nitro groups is 1. The second-order valence-corrected chi connectivity index (χ2v) is 6.31. The molecule has 1 amide bonds. The van der Waals surface area contributed by atoms with Gasteiger partial charge >= 0.3 is 6.09 Å². The van der Waals surface area contributed by atoms with E-state index in [2.05, 4.69) is 5.32 Å². The van der Waals surface area contributed by atoms with Gasteiger partial charge in [0.1, 0.15) is 5.60 Å². The average molecular weight is 274 g/mol. The van der Waals surface area contributed by atoms with E-state index in [0.717, 1.165) is 19.3 Å². The molecule has 0 aromatic rings. The number of amides is 1. The van der Waals surface area contributed by atoms with Crippen LogP contribution in [0.4, 0.5) is 4.79 Å². The highest BCUT2D eigenvalue weighted by Gasteiger charge is 2.29. The zero-order valence-electron chi connectivity index (χ0n) is 12.6. The molecule has 112 valence electrons. The van der Waals surface area contributed by atoms with Crippen molar-refractivity contribution in [3.63, 3.8) is 0 Å². The van der Waals surface area contributed by atoms with Crippen LogP contribution in [0.1, 0.15) is 60.3 Å². The van der Waals surface area contributed by atoms with Gasteiger partial charge in [-0.25, -0.2) is 4.79 Å². The van der Waals surface area contributed by atoms with Crippen LogP contribution in [-0.2, 0) is 4.74 Å². The Labute approximate surface area is 115 Å². The molecule has 0 saturated carbocycles. The zero-order chi connectivity index (χ0) is 15.1. The number of ether oxygens (including phenoxy) is 1. The predicted molar refractivity (Wildman–Crippen MR) is 73.8 cm³/mol. The Morgan fingerprint density at radius 1 is 1.16 bits per heavy atom. The van der Waals surface area contributed by atoms with Crippen molar-refractivity contribution in [2.45, 2.75) is 71.4 Å². The number of unbranched alkanes of at least 4 members (excludes halogenated alkanes) is 2. The Hall–Kier alpha value is -1.33. The minimum absolute atomic E-state index is 0.244. The third-order valence-electron chi connectivity index (χ3n) is 2.63. The molecular formula is C13H26N2O4. The molecule has 0 spiro atoms. The van der Waals surface area contributed by atoms with Crippen molar-refractivity contribution in [3.8, 4) is 0 Å². The number of rotatable bonds is 7. The summed E-state index contributed by atoms with van der Waals surface area (Å²) in [5.41, 5.74) is -1.35. The van der Waals surface area contributed by atoms with Crippen LogP contribution in [0.2, 0.25) is 0 Å². The van der Waals surface area contributed by atoms with E-state index in [9.17, 15) is 14.9 Å². The van der Waals surface area contributed by atoms with Crippen molar-refractivity contribution in [3.05, 3.63) is 10.1 Å². The van der Waals surface area contributed by atoms with Gasteiger partial charge in [0, 0.05) is 31.7 Å². The van der Waals surface area contributed by atoms with Gasteiger partial charge in [-0.1, -0.05) is 6.42 Å². The molecule has 0 aliphatic carbocycles. The van der Waals surface area contributed by atoms with Crippen LogP contribution in [0.3, 0.4) is 0 Å². The van der Waals surface area contributed by atoms with Gasteiger partial charge in [-0.15, -0.1) is 0 Å². The summed E-state index contributed by atoms with van der Waals surface area (Å²) in [6.07, 6.45) is 2.56. The van der Waals surface area contributed by atoms with Gasteiger partial charge in [0.2, 0.25) is 5.54 Å². The van der Waals surface area contributed by atoms with Gasteiger partial charge in [0.05, 0.1) is 0 Å². The molecule has 0 bridgehead atoms. The molecule has 0 rings (SSSR count). The van der Waals surface area contributed by atoms with Gasteiger partial charge in [0.25, 0.3) is 0 Å². The minimum Gasteiger partial charge on any atom is -0.444 e. The maximum absolute atomic E-state index is 11.3. The number of carbonyl (C=O) groups is 1. The number of carbonyl (C=O) groups excluding carboxylic acids is 1. The highest BCUT2D eigenvalue weighted by molar-refractivity contribution is 5.67. The van der Waals surface area contributed by atoms with Crippen molar-refractivity contribution in [1.29, 1.82) is 0 Å². The number of hydrogen-bond donors (Lipinski definition) is 1. The van der Waals surface area contributed by atoms with E-state index in [1.54, 1.807) is 13.8 Å². The zero-order valence-corrected chi connectivity index (χ0v) is 12.6.